The zero-order valence-corrected chi connectivity index (χ0v) is 23.3. The number of aromatic nitrogens is 4. The summed E-state index contributed by atoms with van der Waals surface area (Å²) in [6, 6.07) is 6.37. The van der Waals surface area contributed by atoms with Crippen LogP contribution in [0.25, 0.3) is 10.9 Å². The van der Waals surface area contributed by atoms with Gasteiger partial charge < -0.3 is 24.8 Å². The van der Waals surface area contributed by atoms with Gasteiger partial charge in [-0.25, -0.2) is 23.3 Å². The monoisotopic (exact) mass is 603 g/mol. The highest BCUT2D eigenvalue weighted by molar-refractivity contribution is 7.46. The van der Waals surface area contributed by atoms with Gasteiger partial charge in [0.15, 0.2) is 23.1 Å². The average molecular weight is 604 g/mol. The number of anilines is 3. The van der Waals surface area contributed by atoms with Gasteiger partial charge in [0.2, 0.25) is 5.91 Å². The summed E-state index contributed by atoms with van der Waals surface area (Å²) >= 11 is 0. The van der Waals surface area contributed by atoms with Crippen molar-refractivity contribution in [3.05, 3.63) is 60.7 Å². The van der Waals surface area contributed by atoms with Gasteiger partial charge in [0.05, 0.1) is 29.7 Å². The first-order chi connectivity index (χ1) is 20.0. The Morgan fingerprint density at radius 2 is 1.95 bits per heavy atom. The molecule has 1 saturated heterocycles. The molecule has 2 aromatic heterocycles. The summed E-state index contributed by atoms with van der Waals surface area (Å²) in [6.45, 7) is 1.94. The van der Waals surface area contributed by atoms with Crippen molar-refractivity contribution in [2.24, 2.45) is 5.92 Å². The molecule has 2 aromatic carbocycles. The number of amides is 1. The van der Waals surface area contributed by atoms with Crippen LogP contribution in [0.5, 0.6) is 11.5 Å². The summed E-state index contributed by atoms with van der Waals surface area (Å²) in [5.74, 6) is -2.35. The zero-order valence-electron chi connectivity index (χ0n) is 22.4. The lowest BCUT2D eigenvalue weighted by Gasteiger charge is -2.29. The number of likely N-dealkylation sites (tertiary alicyclic amines) is 1. The van der Waals surface area contributed by atoms with E-state index in [2.05, 4.69) is 37.6 Å². The van der Waals surface area contributed by atoms with E-state index in [0.717, 1.165) is 32.0 Å². The van der Waals surface area contributed by atoms with E-state index < -0.39 is 25.4 Å². The third-order valence-electron chi connectivity index (χ3n) is 6.66. The Morgan fingerprint density at radius 3 is 2.71 bits per heavy atom. The fourth-order valence-electron chi connectivity index (χ4n) is 4.50. The fraction of sp³-hybridized carbons (Fsp3) is 0.308. The van der Waals surface area contributed by atoms with E-state index in [9.17, 15) is 27.9 Å². The van der Waals surface area contributed by atoms with E-state index >= 15 is 0 Å². The largest absolute Gasteiger partial charge is 0.524 e. The molecule has 0 unspecified atom stereocenters. The quantitative estimate of drug-likeness (QED) is 0.196. The maximum atomic E-state index is 13.9. The van der Waals surface area contributed by atoms with Gasteiger partial charge in [-0.1, -0.05) is 6.07 Å². The lowest BCUT2D eigenvalue weighted by Crippen LogP contribution is -2.32. The molecule has 1 aliphatic heterocycles. The Balaban J connectivity index is 1.32. The van der Waals surface area contributed by atoms with Crippen molar-refractivity contribution in [1.29, 1.82) is 0 Å². The van der Waals surface area contributed by atoms with Crippen molar-refractivity contribution in [2.45, 2.75) is 19.4 Å². The van der Waals surface area contributed by atoms with Crippen LogP contribution in [0, 0.1) is 17.6 Å². The molecule has 0 bridgehead atoms. The molecule has 1 aliphatic rings. The first-order valence-electron chi connectivity index (χ1n) is 12.9. The van der Waals surface area contributed by atoms with E-state index in [-0.39, 0.29) is 35.5 Å². The van der Waals surface area contributed by atoms with E-state index in [1.54, 1.807) is 0 Å². The van der Waals surface area contributed by atoms with Gasteiger partial charge in [-0.3, -0.25) is 19.3 Å². The number of benzene rings is 2. The first-order valence-corrected chi connectivity index (χ1v) is 14.5. The van der Waals surface area contributed by atoms with Crippen LogP contribution < -0.4 is 19.9 Å². The third-order valence-corrected chi connectivity index (χ3v) is 7.09. The second-order valence-corrected chi connectivity index (χ2v) is 11.0. The molecule has 0 spiro atoms. The Hall–Kier alpha value is -4.17. The molecule has 13 nitrogen and oxygen atoms in total. The lowest BCUT2D eigenvalue weighted by atomic mass is 9.98. The smallest absolute Gasteiger partial charge is 0.489 e. The maximum Gasteiger partial charge on any atom is 0.524 e. The number of hydrogen-bond donors (Lipinski definition) is 4. The number of halogens is 2. The molecule has 3 heterocycles. The van der Waals surface area contributed by atoms with Crippen LogP contribution in [0.2, 0.25) is 0 Å². The zero-order chi connectivity index (χ0) is 29.9. The summed E-state index contributed by atoms with van der Waals surface area (Å²) in [6.07, 6.45) is 6.08. The standard InChI is InChI=1S/C26H28F2N7O6P/c1-34-7-5-16(6-8-34)14-40-22-10-21-18(9-23(22)41-42(37,38)39)26(30-15-29-21)32-17-11-31-35(12-17)13-24(36)33-20-4-2-3-19(27)25(20)28/h2-4,9-12,15-16H,5-8,13-14H2,1H3,(H,33,36)(H,29,30,32)(H2,37,38,39). The number of carbonyl (C=O) groups is 1. The summed E-state index contributed by atoms with van der Waals surface area (Å²) in [7, 11) is -2.87. The fourth-order valence-corrected chi connectivity index (χ4v) is 4.90. The number of ether oxygens (including phenoxy) is 1. The van der Waals surface area contributed by atoms with Crippen molar-refractivity contribution in [3.63, 3.8) is 0 Å². The summed E-state index contributed by atoms with van der Waals surface area (Å²) < 4.78 is 51.2. The number of hydrogen-bond acceptors (Lipinski definition) is 9. The van der Waals surface area contributed by atoms with Gasteiger partial charge in [0.1, 0.15) is 18.7 Å². The minimum absolute atomic E-state index is 0.142. The second kappa shape index (κ2) is 12.4. The van der Waals surface area contributed by atoms with E-state index in [0.29, 0.717) is 23.2 Å². The van der Waals surface area contributed by atoms with E-state index in [1.165, 1.54) is 47.7 Å². The molecule has 0 aliphatic carbocycles. The van der Waals surface area contributed by atoms with Crippen LogP contribution in [0.4, 0.5) is 26.0 Å². The number of piperidine rings is 1. The number of fused-ring (bicyclic) bond motifs is 1. The van der Waals surface area contributed by atoms with Gasteiger partial charge in [0.25, 0.3) is 0 Å². The van der Waals surface area contributed by atoms with Gasteiger partial charge in [0, 0.05) is 17.6 Å². The minimum atomic E-state index is -4.92. The van der Waals surface area contributed by atoms with Gasteiger partial charge in [-0.15, -0.1) is 0 Å². The molecule has 0 radical (unpaired) electrons. The highest BCUT2D eigenvalue weighted by atomic mass is 31.2. The summed E-state index contributed by atoms with van der Waals surface area (Å²) in [4.78, 5) is 42.1. The van der Waals surface area contributed by atoms with Crippen molar-refractivity contribution in [2.75, 3.05) is 37.4 Å². The van der Waals surface area contributed by atoms with Crippen molar-refractivity contribution in [3.8, 4) is 11.5 Å². The number of phosphoric acid groups is 1. The van der Waals surface area contributed by atoms with Crippen LogP contribution in [0.1, 0.15) is 12.8 Å². The van der Waals surface area contributed by atoms with Crippen LogP contribution in [0.15, 0.2) is 49.1 Å². The number of carbonyl (C=O) groups excluding carboxylic acids is 1. The molecule has 4 aromatic rings. The SMILES string of the molecule is CN1CCC(COc2cc3ncnc(Nc4cnn(CC(=O)Nc5cccc(F)c5F)c4)c3cc2OP(=O)(O)O)CC1. The van der Waals surface area contributed by atoms with Crippen LogP contribution in [0.3, 0.4) is 0 Å². The van der Waals surface area contributed by atoms with Gasteiger partial charge >= 0.3 is 7.82 Å². The van der Waals surface area contributed by atoms with E-state index in [1.807, 2.05) is 0 Å². The van der Waals surface area contributed by atoms with Crippen LogP contribution in [-0.2, 0) is 15.9 Å². The third kappa shape index (κ3) is 7.36. The number of rotatable bonds is 10. The second-order valence-electron chi connectivity index (χ2n) is 9.88. The molecule has 42 heavy (non-hydrogen) atoms. The molecular formula is C26H28F2N7O6P. The van der Waals surface area contributed by atoms with Crippen molar-refractivity contribution in [1.82, 2.24) is 24.6 Å². The van der Waals surface area contributed by atoms with Crippen LogP contribution in [-0.4, -0.2) is 67.1 Å². The van der Waals surface area contributed by atoms with Crippen LogP contribution >= 0.6 is 7.82 Å². The molecule has 1 fully saturated rings. The molecule has 222 valence electrons. The molecule has 1 amide bonds. The normalized spacial score (nSPS) is 14.6. The molecule has 0 saturated carbocycles. The first kappa shape index (κ1) is 29.3. The molecule has 0 atom stereocenters. The molecule has 16 heteroatoms. The highest BCUT2D eigenvalue weighted by Crippen LogP contribution is 2.44. The number of nitrogens with one attached hydrogen (secondary N) is 2. The summed E-state index contributed by atoms with van der Waals surface area (Å²) in [5, 5.41) is 9.81. The molecule has 4 N–H and O–H groups in total. The van der Waals surface area contributed by atoms with Crippen molar-refractivity contribution >= 4 is 41.8 Å². The highest BCUT2D eigenvalue weighted by Gasteiger charge is 2.23. The lowest BCUT2D eigenvalue weighted by molar-refractivity contribution is -0.116. The topological polar surface area (TPSA) is 164 Å². The predicted octanol–water partition coefficient (Wildman–Crippen LogP) is 3.68. The minimum Gasteiger partial charge on any atom is -0.489 e. The Labute approximate surface area is 238 Å². The van der Waals surface area contributed by atoms with Crippen molar-refractivity contribution < 1.29 is 37.2 Å². The maximum absolute atomic E-state index is 13.9. The number of nitrogens with zero attached hydrogens (tertiary/aromatic N) is 5. The average Bonchev–Trinajstić information content (AvgIpc) is 3.37. The molecular weight excluding hydrogens is 575 g/mol. The Morgan fingerprint density at radius 1 is 1.17 bits per heavy atom. The summed E-state index contributed by atoms with van der Waals surface area (Å²) in [5.41, 5.74) is 0.550. The van der Waals surface area contributed by atoms with E-state index in [4.69, 9.17) is 9.26 Å². The predicted molar refractivity (Wildman–Crippen MR) is 148 cm³/mol. The van der Waals surface area contributed by atoms with Gasteiger partial charge in [-0.05, 0) is 57.1 Å². The number of phosphoric ester groups is 1. The molecule has 5 rings (SSSR count). The Bertz CT molecular complexity index is 1640. The van der Waals surface area contributed by atoms with Gasteiger partial charge in [-0.2, -0.15) is 5.10 Å². The Kier molecular flexibility index (Phi) is 8.64.